The van der Waals surface area contributed by atoms with Crippen LogP contribution in [0.2, 0.25) is 0 Å². The number of hydrogen-bond acceptors (Lipinski definition) is 7. The second-order valence-electron chi connectivity index (χ2n) is 9.61. The summed E-state index contributed by atoms with van der Waals surface area (Å²) in [5, 5.41) is 13.8. The molecule has 0 saturated heterocycles. The van der Waals surface area contributed by atoms with Crippen molar-refractivity contribution in [1.82, 2.24) is 24.7 Å². The zero-order valence-electron chi connectivity index (χ0n) is 21.1. The van der Waals surface area contributed by atoms with E-state index in [4.69, 9.17) is 4.98 Å². The third-order valence-electron chi connectivity index (χ3n) is 6.83. The molecule has 38 heavy (non-hydrogen) atoms. The van der Waals surface area contributed by atoms with Crippen molar-refractivity contribution in [2.75, 3.05) is 11.1 Å². The van der Waals surface area contributed by atoms with Crippen LogP contribution >= 0.6 is 23.1 Å². The molecule has 3 heterocycles. The Morgan fingerprint density at radius 1 is 1.00 bits per heavy atom. The molecule has 2 aromatic carbocycles. The van der Waals surface area contributed by atoms with Gasteiger partial charge in [-0.3, -0.25) is 14.3 Å². The fourth-order valence-corrected chi connectivity index (χ4v) is 6.80. The van der Waals surface area contributed by atoms with Crippen LogP contribution in [0.25, 0.3) is 32.2 Å². The van der Waals surface area contributed by atoms with Gasteiger partial charge in [0.2, 0.25) is 5.91 Å². The maximum Gasteiger partial charge on any atom is 0.234 e. The fourth-order valence-electron chi connectivity index (χ4n) is 4.92. The number of fused-ring (bicyclic) bond motifs is 1. The SMILES string of the molecule is Cc1ccc2nc(-c3ccc(NC(=O)CSc4nnc(-c5ccncc5)n4C4CCCCC4)cc3)sc2c1. The van der Waals surface area contributed by atoms with E-state index in [2.05, 4.69) is 50.2 Å². The van der Waals surface area contributed by atoms with E-state index in [1.54, 1.807) is 23.7 Å². The van der Waals surface area contributed by atoms with Crippen LogP contribution in [0.3, 0.4) is 0 Å². The molecule has 9 heteroatoms. The van der Waals surface area contributed by atoms with Crippen molar-refractivity contribution < 1.29 is 4.79 Å². The molecule has 0 aliphatic heterocycles. The third kappa shape index (κ3) is 5.35. The number of amides is 1. The number of carbonyl (C=O) groups excluding carboxylic acids is 1. The summed E-state index contributed by atoms with van der Waals surface area (Å²) in [5.74, 6) is 1.05. The first-order chi connectivity index (χ1) is 18.6. The van der Waals surface area contributed by atoms with Gasteiger partial charge in [-0.25, -0.2) is 4.98 Å². The van der Waals surface area contributed by atoms with Crippen LogP contribution in [0.15, 0.2) is 72.1 Å². The lowest BCUT2D eigenvalue weighted by atomic mass is 9.95. The van der Waals surface area contributed by atoms with Crippen molar-refractivity contribution in [2.45, 2.75) is 50.2 Å². The Labute approximate surface area is 229 Å². The van der Waals surface area contributed by atoms with Gasteiger partial charge in [-0.05, 0) is 73.9 Å². The molecule has 3 aromatic heterocycles. The molecule has 7 nitrogen and oxygen atoms in total. The van der Waals surface area contributed by atoms with E-state index < -0.39 is 0 Å². The Balaban J connectivity index is 1.13. The van der Waals surface area contributed by atoms with Gasteiger partial charge in [-0.1, -0.05) is 37.1 Å². The molecule has 0 bridgehead atoms. The summed E-state index contributed by atoms with van der Waals surface area (Å²) >= 11 is 3.12. The summed E-state index contributed by atoms with van der Waals surface area (Å²) in [5.41, 5.74) is 5.05. The standard InChI is InChI=1S/C29H28N6OS2/c1-19-7-12-24-25(17-19)38-28(32-24)21-8-10-22(11-9-21)31-26(36)18-37-29-34-33-27(20-13-15-30-16-14-20)35(29)23-5-3-2-4-6-23/h7-17,23H,2-6,18H2,1H3,(H,31,36). The number of nitrogens with one attached hydrogen (secondary N) is 1. The third-order valence-corrected chi connectivity index (χ3v) is 8.85. The molecule has 0 atom stereocenters. The highest BCUT2D eigenvalue weighted by Crippen LogP contribution is 2.36. The molecule has 0 spiro atoms. The number of thiazole rings is 1. The first-order valence-corrected chi connectivity index (χ1v) is 14.7. The monoisotopic (exact) mass is 540 g/mol. The van der Waals surface area contributed by atoms with Crippen molar-refractivity contribution in [2.24, 2.45) is 0 Å². The highest BCUT2D eigenvalue weighted by Gasteiger charge is 2.24. The van der Waals surface area contributed by atoms with Gasteiger partial charge in [0.1, 0.15) is 5.01 Å². The summed E-state index contributed by atoms with van der Waals surface area (Å²) in [7, 11) is 0. The smallest absolute Gasteiger partial charge is 0.234 e. The van der Waals surface area contributed by atoms with Crippen LogP contribution in [0, 0.1) is 6.92 Å². The molecule has 1 saturated carbocycles. The summed E-state index contributed by atoms with van der Waals surface area (Å²) in [6, 6.07) is 18.5. The molecule has 6 rings (SSSR count). The average molecular weight is 541 g/mol. The minimum atomic E-state index is -0.0677. The van der Waals surface area contributed by atoms with Crippen molar-refractivity contribution in [1.29, 1.82) is 0 Å². The Morgan fingerprint density at radius 3 is 2.58 bits per heavy atom. The molecule has 1 N–H and O–H groups in total. The number of rotatable bonds is 7. The molecule has 5 aromatic rings. The second kappa shape index (κ2) is 11.0. The summed E-state index contributed by atoms with van der Waals surface area (Å²) < 4.78 is 3.42. The lowest BCUT2D eigenvalue weighted by Gasteiger charge is -2.25. The second-order valence-corrected chi connectivity index (χ2v) is 11.6. The highest BCUT2D eigenvalue weighted by molar-refractivity contribution is 7.99. The molecule has 0 unspecified atom stereocenters. The van der Waals surface area contributed by atoms with Gasteiger partial charge in [-0.15, -0.1) is 21.5 Å². The van der Waals surface area contributed by atoms with E-state index in [1.807, 2.05) is 36.4 Å². The highest BCUT2D eigenvalue weighted by atomic mass is 32.2. The summed E-state index contributed by atoms with van der Waals surface area (Å²) in [6.07, 6.45) is 9.45. The molecular formula is C29H28N6OS2. The first kappa shape index (κ1) is 24.8. The van der Waals surface area contributed by atoms with E-state index in [1.165, 1.54) is 41.3 Å². The first-order valence-electron chi connectivity index (χ1n) is 12.9. The lowest BCUT2D eigenvalue weighted by molar-refractivity contribution is -0.113. The number of pyridine rings is 1. The molecule has 1 amide bonds. The van der Waals surface area contributed by atoms with Crippen molar-refractivity contribution in [3.05, 3.63) is 72.6 Å². The lowest BCUT2D eigenvalue weighted by Crippen LogP contribution is -2.17. The number of anilines is 1. The number of benzene rings is 2. The molecule has 192 valence electrons. The van der Waals surface area contributed by atoms with E-state index in [9.17, 15) is 4.79 Å². The number of nitrogens with zero attached hydrogens (tertiary/aromatic N) is 5. The van der Waals surface area contributed by atoms with Crippen molar-refractivity contribution >= 4 is 44.9 Å². The van der Waals surface area contributed by atoms with Crippen LogP contribution in [0.4, 0.5) is 5.69 Å². The molecular weight excluding hydrogens is 512 g/mol. The van der Waals surface area contributed by atoms with Gasteiger partial charge >= 0.3 is 0 Å². The zero-order valence-corrected chi connectivity index (χ0v) is 22.8. The summed E-state index contributed by atoms with van der Waals surface area (Å²) in [6.45, 7) is 2.09. The summed E-state index contributed by atoms with van der Waals surface area (Å²) in [4.78, 5) is 21.7. The van der Waals surface area contributed by atoms with Gasteiger partial charge in [0.05, 0.1) is 16.0 Å². The maximum absolute atomic E-state index is 12.8. The Kier molecular flexibility index (Phi) is 7.20. The Bertz CT molecular complexity index is 1560. The predicted octanol–water partition coefficient (Wildman–Crippen LogP) is 7.16. The van der Waals surface area contributed by atoms with Crippen LogP contribution in [0.1, 0.15) is 43.7 Å². The number of carbonyl (C=O) groups is 1. The van der Waals surface area contributed by atoms with E-state index in [0.717, 1.165) is 51.2 Å². The van der Waals surface area contributed by atoms with Gasteiger partial charge in [0, 0.05) is 35.2 Å². The minimum absolute atomic E-state index is 0.0677. The number of thioether (sulfide) groups is 1. The van der Waals surface area contributed by atoms with E-state index in [0.29, 0.717) is 6.04 Å². The van der Waals surface area contributed by atoms with E-state index in [-0.39, 0.29) is 11.7 Å². The fraction of sp³-hybridized carbons (Fsp3) is 0.276. The topological polar surface area (TPSA) is 85.6 Å². The van der Waals surface area contributed by atoms with Gasteiger partial charge in [0.15, 0.2) is 11.0 Å². The molecule has 0 radical (unpaired) electrons. The normalized spacial score (nSPS) is 14.1. The number of hydrogen-bond donors (Lipinski definition) is 1. The quantitative estimate of drug-likeness (QED) is 0.220. The average Bonchev–Trinajstić information content (AvgIpc) is 3.57. The van der Waals surface area contributed by atoms with E-state index >= 15 is 0 Å². The van der Waals surface area contributed by atoms with Crippen LogP contribution in [-0.2, 0) is 4.79 Å². The number of aromatic nitrogens is 5. The van der Waals surface area contributed by atoms with Gasteiger partial charge < -0.3 is 5.32 Å². The van der Waals surface area contributed by atoms with Crippen LogP contribution in [0.5, 0.6) is 0 Å². The Hall–Kier alpha value is -3.56. The predicted molar refractivity (Wildman–Crippen MR) is 155 cm³/mol. The molecule has 1 fully saturated rings. The maximum atomic E-state index is 12.8. The Morgan fingerprint density at radius 2 is 1.79 bits per heavy atom. The van der Waals surface area contributed by atoms with Crippen LogP contribution in [-0.4, -0.2) is 36.4 Å². The van der Waals surface area contributed by atoms with Gasteiger partial charge in [-0.2, -0.15) is 0 Å². The largest absolute Gasteiger partial charge is 0.325 e. The number of aryl methyl sites for hydroxylation is 1. The molecule has 1 aliphatic carbocycles. The van der Waals surface area contributed by atoms with Crippen LogP contribution < -0.4 is 5.32 Å². The van der Waals surface area contributed by atoms with Crippen molar-refractivity contribution in [3.63, 3.8) is 0 Å². The van der Waals surface area contributed by atoms with Crippen molar-refractivity contribution in [3.8, 4) is 22.0 Å². The van der Waals surface area contributed by atoms with Gasteiger partial charge in [0.25, 0.3) is 0 Å². The minimum Gasteiger partial charge on any atom is -0.325 e. The molecule has 1 aliphatic rings. The zero-order chi connectivity index (χ0) is 25.9.